The van der Waals surface area contributed by atoms with Gasteiger partial charge in [-0.1, -0.05) is 30.3 Å². The van der Waals surface area contributed by atoms with Gasteiger partial charge in [-0.15, -0.1) is 22.7 Å². The number of hydrogen-bond donors (Lipinski definition) is 1. The van der Waals surface area contributed by atoms with Crippen LogP contribution < -0.4 is 5.73 Å². The smallest absolute Gasteiger partial charge is 0.0952 e. The molecule has 0 saturated carbocycles. The van der Waals surface area contributed by atoms with Gasteiger partial charge in [0.2, 0.25) is 0 Å². The number of rotatable bonds is 4. The second kappa shape index (κ2) is 5.83. The molecule has 0 amide bonds. The van der Waals surface area contributed by atoms with Gasteiger partial charge in [0.1, 0.15) is 0 Å². The van der Waals surface area contributed by atoms with Crippen LogP contribution in [0, 0.1) is 6.92 Å². The number of hydrogen-bond acceptors (Lipinski definition) is 5. The number of nitrogens with zero attached hydrogens (tertiary/aromatic N) is 2. The van der Waals surface area contributed by atoms with Gasteiger partial charge >= 0.3 is 0 Å². The summed E-state index contributed by atoms with van der Waals surface area (Å²) in [6, 6.07) is 10.1. The van der Waals surface area contributed by atoms with Crippen molar-refractivity contribution in [1.82, 2.24) is 9.97 Å². The van der Waals surface area contributed by atoms with Crippen molar-refractivity contribution in [2.75, 3.05) is 0 Å². The lowest BCUT2D eigenvalue weighted by Gasteiger charge is -2.05. The molecule has 1 atom stereocenters. The Kier molecular flexibility index (Phi) is 3.91. The molecule has 0 fully saturated rings. The van der Waals surface area contributed by atoms with Crippen LogP contribution in [0.5, 0.6) is 0 Å². The molecule has 0 spiro atoms. The summed E-state index contributed by atoms with van der Waals surface area (Å²) in [4.78, 5) is 9.11. The summed E-state index contributed by atoms with van der Waals surface area (Å²) in [5, 5.41) is 6.23. The molecule has 5 heteroatoms. The minimum atomic E-state index is -0.0743. The van der Waals surface area contributed by atoms with E-state index in [-0.39, 0.29) is 6.04 Å². The normalized spacial score (nSPS) is 12.5. The molecule has 2 heterocycles. The van der Waals surface area contributed by atoms with Crippen LogP contribution in [0.1, 0.15) is 21.8 Å². The van der Waals surface area contributed by atoms with Crippen molar-refractivity contribution in [3.05, 3.63) is 56.8 Å². The number of aromatic nitrogens is 2. The van der Waals surface area contributed by atoms with Gasteiger partial charge in [-0.25, -0.2) is 9.97 Å². The number of nitrogens with two attached hydrogens (primary N) is 1. The van der Waals surface area contributed by atoms with E-state index in [1.165, 1.54) is 0 Å². The fourth-order valence-electron chi connectivity index (χ4n) is 1.99. The van der Waals surface area contributed by atoms with Crippen molar-refractivity contribution in [2.45, 2.75) is 19.4 Å². The van der Waals surface area contributed by atoms with Crippen molar-refractivity contribution in [3.8, 4) is 11.3 Å². The van der Waals surface area contributed by atoms with Gasteiger partial charge in [0.15, 0.2) is 0 Å². The van der Waals surface area contributed by atoms with Gasteiger partial charge in [-0.05, 0) is 6.92 Å². The third-order valence-electron chi connectivity index (χ3n) is 3.03. The van der Waals surface area contributed by atoms with E-state index in [2.05, 4.69) is 27.5 Å². The third-order valence-corrected chi connectivity index (χ3v) is 4.70. The fourth-order valence-corrected chi connectivity index (χ4v) is 3.53. The monoisotopic (exact) mass is 301 g/mol. The van der Waals surface area contributed by atoms with E-state index in [0.29, 0.717) is 0 Å². The maximum Gasteiger partial charge on any atom is 0.0952 e. The van der Waals surface area contributed by atoms with Crippen LogP contribution in [-0.2, 0) is 6.42 Å². The van der Waals surface area contributed by atoms with Crippen LogP contribution in [-0.4, -0.2) is 9.97 Å². The highest BCUT2D eigenvalue weighted by Gasteiger charge is 2.13. The van der Waals surface area contributed by atoms with E-state index < -0.39 is 0 Å². The average molecular weight is 301 g/mol. The topological polar surface area (TPSA) is 51.8 Å². The SMILES string of the molecule is Cc1nc(C(N)Cc2nc(-c3ccccc3)cs2)cs1. The molecule has 2 N–H and O–H groups in total. The first kappa shape index (κ1) is 13.4. The molecule has 0 aliphatic carbocycles. The minimum Gasteiger partial charge on any atom is -0.322 e. The summed E-state index contributed by atoms with van der Waals surface area (Å²) >= 11 is 3.30. The Labute approximate surface area is 126 Å². The predicted octanol–water partition coefficient (Wildman–Crippen LogP) is 3.82. The summed E-state index contributed by atoms with van der Waals surface area (Å²) in [5.74, 6) is 0. The van der Waals surface area contributed by atoms with E-state index in [1.54, 1.807) is 22.7 Å². The average Bonchev–Trinajstić information content (AvgIpc) is 3.09. The summed E-state index contributed by atoms with van der Waals surface area (Å²) in [7, 11) is 0. The highest BCUT2D eigenvalue weighted by atomic mass is 32.1. The van der Waals surface area contributed by atoms with E-state index in [4.69, 9.17) is 5.73 Å². The Balaban J connectivity index is 1.74. The molecule has 102 valence electrons. The second-order valence-electron chi connectivity index (χ2n) is 4.59. The summed E-state index contributed by atoms with van der Waals surface area (Å²) in [6.07, 6.45) is 0.737. The molecule has 2 aromatic heterocycles. The van der Waals surface area contributed by atoms with Crippen LogP contribution in [0.25, 0.3) is 11.3 Å². The first-order valence-corrected chi connectivity index (χ1v) is 8.16. The number of benzene rings is 1. The lowest BCUT2D eigenvalue weighted by Crippen LogP contribution is -2.13. The minimum absolute atomic E-state index is 0.0743. The second-order valence-corrected chi connectivity index (χ2v) is 6.60. The molecule has 1 unspecified atom stereocenters. The Morgan fingerprint density at radius 1 is 1.10 bits per heavy atom. The van der Waals surface area contributed by atoms with Crippen LogP contribution in [0.4, 0.5) is 0 Å². The van der Waals surface area contributed by atoms with Crippen molar-refractivity contribution >= 4 is 22.7 Å². The molecule has 1 aromatic carbocycles. The van der Waals surface area contributed by atoms with Crippen molar-refractivity contribution < 1.29 is 0 Å². The zero-order valence-corrected chi connectivity index (χ0v) is 12.7. The fraction of sp³-hybridized carbons (Fsp3) is 0.200. The quantitative estimate of drug-likeness (QED) is 0.797. The van der Waals surface area contributed by atoms with Crippen LogP contribution >= 0.6 is 22.7 Å². The highest BCUT2D eigenvalue weighted by molar-refractivity contribution is 7.10. The number of aryl methyl sites for hydroxylation is 1. The van der Waals surface area contributed by atoms with Gasteiger partial charge in [-0.2, -0.15) is 0 Å². The summed E-state index contributed by atoms with van der Waals surface area (Å²) in [6.45, 7) is 2.00. The Morgan fingerprint density at radius 2 is 1.90 bits per heavy atom. The lowest BCUT2D eigenvalue weighted by atomic mass is 10.1. The van der Waals surface area contributed by atoms with Crippen molar-refractivity contribution in [3.63, 3.8) is 0 Å². The molecule has 0 aliphatic heterocycles. The molecule has 0 bridgehead atoms. The van der Waals surface area contributed by atoms with Crippen molar-refractivity contribution in [2.24, 2.45) is 5.73 Å². The lowest BCUT2D eigenvalue weighted by molar-refractivity contribution is 0.697. The highest BCUT2D eigenvalue weighted by Crippen LogP contribution is 2.25. The largest absolute Gasteiger partial charge is 0.322 e. The molecule has 0 aliphatic rings. The van der Waals surface area contributed by atoms with Crippen LogP contribution in [0.15, 0.2) is 41.1 Å². The molecular formula is C15H15N3S2. The Morgan fingerprint density at radius 3 is 2.60 bits per heavy atom. The van der Waals surface area contributed by atoms with E-state index in [1.807, 2.05) is 30.5 Å². The van der Waals surface area contributed by atoms with Crippen LogP contribution in [0.2, 0.25) is 0 Å². The Hall–Kier alpha value is -1.56. The standard InChI is InChI=1S/C15H15N3S2/c1-10-17-14(9-19-10)12(16)7-15-18-13(8-20-15)11-5-3-2-4-6-11/h2-6,8-9,12H,7,16H2,1H3. The maximum absolute atomic E-state index is 6.20. The first-order chi connectivity index (χ1) is 9.72. The van der Waals surface area contributed by atoms with Gasteiger partial charge in [-0.3, -0.25) is 0 Å². The summed E-state index contributed by atoms with van der Waals surface area (Å²) in [5.41, 5.74) is 9.33. The van der Waals surface area contributed by atoms with Crippen molar-refractivity contribution in [1.29, 1.82) is 0 Å². The Bertz CT molecular complexity index is 688. The maximum atomic E-state index is 6.20. The van der Waals surface area contributed by atoms with Gasteiger partial charge in [0, 0.05) is 22.7 Å². The van der Waals surface area contributed by atoms with Gasteiger partial charge in [0.05, 0.1) is 27.4 Å². The van der Waals surface area contributed by atoms with E-state index >= 15 is 0 Å². The molecule has 0 saturated heterocycles. The first-order valence-electron chi connectivity index (χ1n) is 6.40. The predicted molar refractivity (Wildman–Crippen MR) is 85.0 cm³/mol. The van der Waals surface area contributed by atoms with E-state index in [9.17, 15) is 0 Å². The van der Waals surface area contributed by atoms with Gasteiger partial charge in [0.25, 0.3) is 0 Å². The van der Waals surface area contributed by atoms with E-state index in [0.717, 1.165) is 33.4 Å². The third kappa shape index (κ3) is 2.95. The molecule has 3 nitrogen and oxygen atoms in total. The van der Waals surface area contributed by atoms with Crippen LogP contribution in [0.3, 0.4) is 0 Å². The summed E-state index contributed by atoms with van der Waals surface area (Å²) < 4.78 is 0. The molecular weight excluding hydrogens is 286 g/mol. The zero-order chi connectivity index (χ0) is 13.9. The molecule has 20 heavy (non-hydrogen) atoms. The van der Waals surface area contributed by atoms with Gasteiger partial charge < -0.3 is 5.73 Å². The molecule has 0 radical (unpaired) electrons. The zero-order valence-electron chi connectivity index (χ0n) is 11.1. The molecule has 3 rings (SSSR count). The molecule has 3 aromatic rings. The number of thiazole rings is 2.